The predicted octanol–water partition coefficient (Wildman–Crippen LogP) is 1.76. The highest BCUT2D eigenvalue weighted by molar-refractivity contribution is 7.98. The average molecular weight is 222 g/mol. The number of nitriles is 1. The fourth-order valence-corrected chi connectivity index (χ4v) is 1.98. The van der Waals surface area contributed by atoms with Gasteiger partial charge >= 0.3 is 0 Å². The van der Waals surface area contributed by atoms with Gasteiger partial charge in [0, 0.05) is 23.6 Å². The summed E-state index contributed by atoms with van der Waals surface area (Å²) < 4.78 is 5.22. The molecule has 0 spiro atoms. The molecule has 3 nitrogen and oxygen atoms in total. The lowest BCUT2D eigenvalue weighted by molar-refractivity contribution is 0.411. The van der Waals surface area contributed by atoms with E-state index in [9.17, 15) is 0 Å². The van der Waals surface area contributed by atoms with Crippen LogP contribution in [-0.4, -0.2) is 19.4 Å². The molecule has 0 saturated carbocycles. The molecule has 1 rings (SSSR count). The second kappa shape index (κ2) is 6.33. The van der Waals surface area contributed by atoms with Gasteiger partial charge in [0.1, 0.15) is 5.75 Å². The Kier molecular flexibility index (Phi) is 5.02. The van der Waals surface area contributed by atoms with E-state index in [2.05, 4.69) is 6.07 Å². The molecule has 0 aliphatic rings. The Bertz CT molecular complexity index is 360. The van der Waals surface area contributed by atoms with E-state index < -0.39 is 0 Å². The van der Waals surface area contributed by atoms with Gasteiger partial charge in [-0.1, -0.05) is 0 Å². The predicted molar refractivity (Wildman–Crippen MR) is 62.9 cm³/mol. The van der Waals surface area contributed by atoms with Gasteiger partial charge in [-0.15, -0.1) is 0 Å². The van der Waals surface area contributed by atoms with Crippen molar-refractivity contribution < 1.29 is 4.74 Å². The zero-order chi connectivity index (χ0) is 11.1. The maximum atomic E-state index is 8.78. The van der Waals surface area contributed by atoms with Crippen molar-refractivity contribution in [1.82, 2.24) is 0 Å². The fraction of sp³-hybridized carbons (Fsp3) is 0.364. The molecule has 0 saturated heterocycles. The van der Waals surface area contributed by atoms with Crippen molar-refractivity contribution in [1.29, 1.82) is 5.26 Å². The lowest BCUT2D eigenvalue weighted by Gasteiger charge is -2.07. The highest BCUT2D eigenvalue weighted by Gasteiger charge is 2.04. The van der Waals surface area contributed by atoms with Crippen molar-refractivity contribution in [3.8, 4) is 11.8 Å². The fourth-order valence-electron chi connectivity index (χ4n) is 1.23. The van der Waals surface area contributed by atoms with E-state index in [-0.39, 0.29) is 0 Å². The van der Waals surface area contributed by atoms with Gasteiger partial charge in [0.25, 0.3) is 0 Å². The zero-order valence-electron chi connectivity index (χ0n) is 8.69. The average Bonchev–Trinajstić information content (AvgIpc) is 2.29. The molecular formula is C11H14N2OS. The van der Waals surface area contributed by atoms with Gasteiger partial charge in [-0.25, -0.2) is 0 Å². The molecule has 0 atom stereocenters. The summed E-state index contributed by atoms with van der Waals surface area (Å²) in [6.45, 7) is 0.672. The van der Waals surface area contributed by atoms with Gasteiger partial charge < -0.3 is 10.5 Å². The zero-order valence-corrected chi connectivity index (χ0v) is 9.51. The number of nitrogens with zero attached hydrogens (tertiary/aromatic N) is 1. The minimum Gasteiger partial charge on any atom is -0.496 e. The van der Waals surface area contributed by atoms with Crippen molar-refractivity contribution in [2.75, 3.05) is 19.4 Å². The quantitative estimate of drug-likeness (QED) is 0.771. The molecular weight excluding hydrogens is 208 g/mol. The van der Waals surface area contributed by atoms with Gasteiger partial charge in [-0.3, -0.25) is 0 Å². The van der Waals surface area contributed by atoms with Crippen molar-refractivity contribution in [2.45, 2.75) is 5.75 Å². The molecule has 80 valence electrons. The third kappa shape index (κ3) is 3.46. The number of ether oxygens (including phenoxy) is 1. The van der Waals surface area contributed by atoms with Crippen LogP contribution in [0.15, 0.2) is 18.2 Å². The van der Waals surface area contributed by atoms with Crippen LogP contribution in [0.4, 0.5) is 0 Å². The van der Waals surface area contributed by atoms with E-state index in [1.54, 1.807) is 24.9 Å². The minimum absolute atomic E-state index is 0.666. The lowest BCUT2D eigenvalue weighted by Crippen LogP contribution is -2.01. The Labute approximate surface area is 94.2 Å². The molecule has 0 aliphatic carbocycles. The summed E-state index contributed by atoms with van der Waals surface area (Å²) >= 11 is 1.74. The number of thioether (sulfide) groups is 1. The first-order chi connectivity index (χ1) is 7.31. The van der Waals surface area contributed by atoms with Crippen LogP contribution in [0.2, 0.25) is 0 Å². The molecule has 1 aromatic rings. The summed E-state index contributed by atoms with van der Waals surface area (Å²) in [5.41, 5.74) is 7.13. The Balaban J connectivity index is 2.78. The van der Waals surface area contributed by atoms with Crippen LogP contribution in [0.3, 0.4) is 0 Å². The Morgan fingerprint density at radius 2 is 2.33 bits per heavy atom. The van der Waals surface area contributed by atoms with E-state index in [1.807, 2.05) is 12.1 Å². The van der Waals surface area contributed by atoms with Crippen molar-refractivity contribution in [2.24, 2.45) is 5.73 Å². The van der Waals surface area contributed by atoms with E-state index in [0.29, 0.717) is 12.1 Å². The summed E-state index contributed by atoms with van der Waals surface area (Å²) in [5, 5.41) is 8.78. The van der Waals surface area contributed by atoms with Crippen LogP contribution >= 0.6 is 11.8 Å². The Morgan fingerprint density at radius 1 is 1.53 bits per heavy atom. The third-order valence-corrected chi connectivity index (χ3v) is 2.97. The molecule has 0 unspecified atom stereocenters. The highest BCUT2D eigenvalue weighted by Crippen LogP contribution is 2.24. The second-order valence-electron chi connectivity index (χ2n) is 2.98. The summed E-state index contributed by atoms with van der Waals surface area (Å²) in [7, 11) is 1.64. The van der Waals surface area contributed by atoms with Crippen LogP contribution in [0, 0.1) is 11.3 Å². The van der Waals surface area contributed by atoms with Gasteiger partial charge in [0.2, 0.25) is 0 Å². The van der Waals surface area contributed by atoms with Crippen LogP contribution in [-0.2, 0) is 5.75 Å². The van der Waals surface area contributed by atoms with Crippen LogP contribution < -0.4 is 10.5 Å². The largest absolute Gasteiger partial charge is 0.496 e. The maximum absolute atomic E-state index is 8.78. The third-order valence-electron chi connectivity index (χ3n) is 1.93. The second-order valence-corrected chi connectivity index (χ2v) is 4.08. The molecule has 0 aromatic heterocycles. The SMILES string of the molecule is COc1ccc(C#N)cc1CSCCN. The van der Waals surface area contributed by atoms with Gasteiger partial charge in [0.05, 0.1) is 18.7 Å². The monoisotopic (exact) mass is 222 g/mol. The van der Waals surface area contributed by atoms with E-state index >= 15 is 0 Å². The van der Waals surface area contributed by atoms with Gasteiger partial charge in [0.15, 0.2) is 0 Å². The first kappa shape index (κ1) is 11.9. The minimum atomic E-state index is 0.666. The highest BCUT2D eigenvalue weighted by atomic mass is 32.2. The molecule has 2 N–H and O–H groups in total. The van der Waals surface area contributed by atoms with E-state index in [0.717, 1.165) is 22.8 Å². The van der Waals surface area contributed by atoms with Crippen LogP contribution in [0.5, 0.6) is 5.75 Å². The number of hydrogen-bond acceptors (Lipinski definition) is 4. The molecule has 1 aromatic carbocycles. The molecule has 0 aliphatic heterocycles. The van der Waals surface area contributed by atoms with E-state index in [1.165, 1.54) is 0 Å². The summed E-state index contributed by atoms with van der Waals surface area (Å²) in [5.74, 6) is 2.58. The lowest BCUT2D eigenvalue weighted by atomic mass is 10.1. The Hall–Kier alpha value is -1.18. The molecule has 15 heavy (non-hydrogen) atoms. The smallest absolute Gasteiger partial charge is 0.122 e. The molecule has 0 heterocycles. The first-order valence-electron chi connectivity index (χ1n) is 4.66. The molecule has 0 fully saturated rings. The van der Waals surface area contributed by atoms with Crippen molar-refractivity contribution in [3.63, 3.8) is 0 Å². The van der Waals surface area contributed by atoms with Gasteiger partial charge in [-0.05, 0) is 18.2 Å². The summed E-state index contributed by atoms with van der Waals surface area (Å²) in [6, 6.07) is 7.57. The molecule has 0 bridgehead atoms. The molecule has 0 amide bonds. The number of methoxy groups -OCH3 is 1. The number of nitrogens with two attached hydrogens (primary N) is 1. The topological polar surface area (TPSA) is 59.0 Å². The number of hydrogen-bond donors (Lipinski definition) is 1. The molecule has 0 radical (unpaired) electrons. The summed E-state index contributed by atoms with van der Waals surface area (Å²) in [4.78, 5) is 0. The normalized spacial score (nSPS) is 9.67. The van der Waals surface area contributed by atoms with Gasteiger partial charge in [-0.2, -0.15) is 17.0 Å². The van der Waals surface area contributed by atoms with Crippen molar-refractivity contribution in [3.05, 3.63) is 29.3 Å². The summed E-state index contributed by atoms with van der Waals surface area (Å²) in [6.07, 6.45) is 0. The van der Waals surface area contributed by atoms with Crippen molar-refractivity contribution >= 4 is 11.8 Å². The first-order valence-corrected chi connectivity index (χ1v) is 5.82. The molecule has 4 heteroatoms. The maximum Gasteiger partial charge on any atom is 0.122 e. The Morgan fingerprint density at radius 3 is 2.93 bits per heavy atom. The van der Waals surface area contributed by atoms with Crippen LogP contribution in [0.25, 0.3) is 0 Å². The standard InChI is InChI=1S/C11H14N2OS/c1-14-11-3-2-9(7-13)6-10(11)8-15-5-4-12/h2-3,6H,4-5,8,12H2,1H3. The number of rotatable bonds is 5. The van der Waals surface area contributed by atoms with E-state index in [4.69, 9.17) is 15.7 Å². The number of benzene rings is 1. The van der Waals surface area contributed by atoms with Crippen LogP contribution in [0.1, 0.15) is 11.1 Å².